The SMILES string of the molecule is CCC(OC1CCCC(C)C1)C(=O)Nc1ccc2c(c1F)CCNC2. The van der Waals surface area contributed by atoms with Crippen LogP contribution in [0, 0.1) is 11.7 Å². The maximum Gasteiger partial charge on any atom is 0.253 e. The molecule has 1 aliphatic heterocycles. The van der Waals surface area contributed by atoms with E-state index in [1.165, 1.54) is 6.42 Å². The fourth-order valence-electron chi connectivity index (χ4n) is 3.92. The lowest BCUT2D eigenvalue weighted by Gasteiger charge is -2.30. The van der Waals surface area contributed by atoms with E-state index in [9.17, 15) is 9.18 Å². The van der Waals surface area contributed by atoms with Crippen LogP contribution in [-0.4, -0.2) is 24.7 Å². The van der Waals surface area contributed by atoms with Crippen LogP contribution in [0.25, 0.3) is 0 Å². The summed E-state index contributed by atoms with van der Waals surface area (Å²) in [5, 5.41) is 5.98. The summed E-state index contributed by atoms with van der Waals surface area (Å²) in [7, 11) is 0. The minimum Gasteiger partial charge on any atom is -0.365 e. The first kappa shape index (κ1) is 18.3. The lowest BCUT2D eigenvalue weighted by Crippen LogP contribution is -2.35. The highest BCUT2D eigenvalue weighted by molar-refractivity contribution is 5.94. The van der Waals surface area contributed by atoms with Gasteiger partial charge in [-0.15, -0.1) is 0 Å². The minimum atomic E-state index is -0.521. The number of hydrogen-bond donors (Lipinski definition) is 2. The van der Waals surface area contributed by atoms with Crippen molar-refractivity contribution in [2.75, 3.05) is 11.9 Å². The largest absolute Gasteiger partial charge is 0.365 e. The van der Waals surface area contributed by atoms with Gasteiger partial charge in [-0.25, -0.2) is 4.39 Å². The van der Waals surface area contributed by atoms with E-state index < -0.39 is 6.10 Å². The Morgan fingerprint density at radius 3 is 3.04 bits per heavy atom. The third kappa shape index (κ3) is 4.39. The van der Waals surface area contributed by atoms with Crippen molar-refractivity contribution >= 4 is 11.6 Å². The van der Waals surface area contributed by atoms with Gasteiger partial charge in [0.1, 0.15) is 11.9 Å². The van der Waals surface area contributed by atoms with Crippen LogP contribution in [0.15, 0.2) is 12.1 Å². The molecule has 3 rings (SSSR count). The maximum atomic E-state index is 14.7. The van der Waals surface area contributed by atoms with Crippen molar-refractivity contribution in [1.82, 2.24) is 5.32 Å². The average molecular weight is 348 g/mol. The van der Waals surface area contributed by atoms with Gasteiger partial charge in [-0.05, 0) is 55.3 Å². The number of amides is 1. The summed E-state index contributed by atoms with van der Waals surface area (Å²) in [5.74, 6) is 0.105. The van der Waals surface area contributed by atoms with E-state index in [-0.39, 0.29) is 23.5 Å². The van der Waals surface area contributed by atoms with E-state index in [1.54, 1.807) is 6.07 Å². The molecule has 0 bridgehead atoms. The summed E-state index contributed by atoms with van der Waals surface area (Å²) in [6.45, 7) is 5.61. The molecular weight excluding hydrogens is 319 g/mol. The van der Waals surface area contributed by atoms with Crippen LogP contribution < -0.4 is 10.6 Å². The van der Waals surface area contributed by atoms with Crippen molar-refractivity contribution in [2.45, 2.75) is 71.1 Å². The molecule has 3 unspecified atom stereocenters. The zero-order valence-electron chi connectivity index (χ0n) is 15.2. The number of nitrogens with one attached hydrogen (secondary N) is 2. The molecule has 1 aromatic carbocycles. The van der Waals surface area contributed by atoms with Gasteiger partial charge in [0.15, 0.2) is 0 Å². The van der Waals surface area contributed by atoms with Crippen LogP contribution in [0.4, 0.5) is 10.1 Å². The van der Waals surface area contributed by atoms with E-state index in [4.69, 9.17) is 4.74 Å². The van der Waals surface area contributed by atoms with E-state index in [1.807, 2.05) is 13.0 Å². The summed E-state index contributed by atoms with van der Waals surface area (Å²) < 4.78 is 20.8. The molecule has 2 N–H and O–H groups in total. The van der Waals surface area contributed by atoms with Crippen LogP contribution >= 0.6 is 0 Å². The first-order valence-electron chi connectivity index (χ1n) is 9.55. The number of ether oxygens (including phenoxy) is 1. The van der Waals surface area contributed by atoms with Crippen LogP contribution in [-0.2, 0) is 22.5 Å². The van der Waals surface area contributed by atoms with Gasteiger partial charge in [0.25, 0.3) is 5.91 Å². The lowest BCUT2D eigenvalue weighted by molar-refractivity contribution is -0.133. The van der Waals surface area contributed by atoms with Crippen LogP contribution in [0.1, 0.15) is 57.1 Å². The van der Waals surface area contributed by atoms with Gasteiger partial charge in [0, 0.05) is 6.54 Å². The van der Waals surface area contributed by atoms with E-state index in [2.05, 4.69) is 17.6 Å². The van der Waals surface area contributed by atoms with Crippen molar-refractivity contribution in [2.24, 2.45) is 5.92 Å². The topological polar surface area (TPSA) is 50.4 Å². The third-order valence-corrected chi connectivity index (χ3v) is 5.37. The first-order chi connectivity index (χ1) is 12.1. The monoisotopic (exact) mass is 348 g/mol. The summed E-state index contributed by atoms with van der Waals surface area (Å²) in [5.41, 5.74) is 1.96. The Balaban J connectivity index is 1.65. The Bertz CT molecular complexity index is 620. The number of carbonyl (C=O) groups is 1. The number of hydrogen-bond acceptors (Lipinski definition) is 3. The van der Waals surface area contributed by atoms with Gasteiger partial charge in [-0.2, -0.15) is 0 Å². The number of rotatable bonds is 5. The lowest BCUT2D eigenvalue weighted by atomic mass is 9.88. The molecule has 1 aliphatic carbocycles. The Morgan fingerprint density at radius 1 is 1.44 bits per heavy atom. The Labute approximate surface area is 149 Å². The molecular formula is C20H29FN2O2. The zero-order chi connectivity index (χ0) is 17.8. The van der Waals surface area contributed by atoms with Crippen molar-refractivity contribution < 1.29 is 13.9 Å². The van der Waals surface area contributed by atoms with E-state index in [0.29, 0.717) is 30.9 Å². The van der Waals surface area contributed by atoms with Gasteiger partial charge in [-0.1, -0.05) is 32.8 Å². The predicted molar refractivity (Wildman–Crippen MR) is 97.0 cm³/mol. The van der Waals surface area contributed by atoms with Crippen molar-refractivity contribution in [1.29, 1.82) is 0 Å². The smallest absolute Gasteiger partial charge is 0.253 e. The van der Waals surface area contributed by atoms with Crippen LogP contribution in [0.5, 0.6) is 0 Å². The molecule has 0 spiro atoms. The fraction of sp³-hybridized carbons (Fsp3) is 0.650. The molecule has 1 saturated carbocycles. The van der Waals surface area contributed by atoms with Gasteiger partial charge in [0.05, 0.1) is 11.8 Å². The molecule has 1 amide bonds. The van der Waals surface area contributed by atoms with Crippen LogP contribution in [0.2, 0.25) is 0 Å². The standard InChI is InChI=1S/C20H29FN2O2/c1-3-18(25-15-6-4-5-13(2)11-15)20(24)23-17-8-7-14-12-22-10-9-16(14)19(17)21/h7-8,13,15,18,22H,3-6,9-12H2,1-2H3,(H,23,24). The highest BCUT2D eigenvalue weighted by atomic mass is 19.1. The Kier molecular flexibility index (Phi) is 6.07. The second-order valence-electron chi connectivity index (χ2n) is 7.41. The molecule has 4 nitrogen and oxygen atoms in total. The molecule has 2 aliphatic rings. The Morgan fingerprint density at radius 2 is 2.28 bits per heavy atom. The number of carbonyl (C=O) groups excluding carboxylic acids is 1. The van der Waals surface area contributed by atoms with Crippen LogP contribution in [0.3, 0.4) is 0 Å². The Hall–Kier alpha value is -1.46. The number of benzene rings is 1. The van der Waals surface area contributed by atoms with E-state index in [0.717, 1.165) is 31.4 Å². The van der Waals surface area contributed by atoms with Crippen molar-refractivity contribution in [3.8, 4) is 0 Å². The summed E-state index contributed by atoms with van der Waals surface area (Å²) >= 11 is 0. The predicted octanol–water partition coefficient (Wildman–Crippen LogP) is 3.78. The first-order valence-corrected chi connectivity index (χ1v) is 9.55. The molecule has 25 heavy (non-hydrogen) atoms. The molecule has 1 aromatic rings. The summed E-state index contributed by atoms with van der Waals surface area (Å²) in [4.78, 5) is 12.6. The molecule has 0 saturated heterocycles. The van der Waals surface area contributed by atoms with Crippen molar-refractivity contribution in [3.63, 3.8) is 0 Å². The average Bonchev–Trinajstić information content (AvgIpc) is 2.62. The van der Waals surface area contributed by atoms with Gasteiger partial charge in [-0.3, -0.25) is 4.79 Å². The summed E-state index contributed by atoms with van der Waals surface area (Å²) in [6.07, 6.45) is 5.26. The molecule has 1 heterocycles. The van der Waals surface area contributed by atoms with Gasteiger partial charge in [0.2, 0.25) is 0 Å². The van der Waals surface area contributed by atoms with Crippen molar-refractivity contribution in [3.05, 3.63) is 29.1 Å². The molecule has 1 fully saturated rings. The second-order valence-corrected chi connectivity index (χ2v) is 7.41. The van der Waals surface area contributed by atoms with Gasteiger partial charge < -0.3 is 15.4 Å². The quantitative estimate of drug-likeness (QED) is 0.851. The zero-order valence-corrected chi connectivity index (χ0v) is 15.2. The number of fused-ring (bicyclic) bond motifs is 1. The molecule has 3 atom stereocenters. The molecule has 0 radical (unpaired) electrons. The second kappa shape index (κ2) is 8.28. The fourth-order valence-corrected chi connectivity index (χ4v) is 3.92. The molecule has 0 aromatic heterocycles. The third-order valence-electron chi connectivity index (χ3n) is 5.37. The molecule has 5 heteroatoms. The number of halogens is 1. The normalized spacial score (nSPS) is 24.4. The van der Waals surface area contributed by atoms with Gasteiger partial charge >= 0.3 is 0 Å². The highest BCUT2D eigenvalue weighted by Gasteiger charge is 2.27. The maximum absolute atomic E-state index is 14.7. The van der Waals surface area contributed by atoms with E-state index >= 15 is 0 Å². The highest BCUT2D eigenvalue weighted by Crippen LogP contribution is 2.28. The number of anilines is 1. The summed E-state index contributed by atoms with van der Waals surface area (Å²) in [6, 6.07) is 3.55. The molecule has 138 valence electrons. The minimum absolute atomic E-state index is 0.138.